The average Bonchev–Trinajstić information content (AvgIpc) is 2.27. The van der Waals surface area contributed by atoms with Crippen LogP contribution in [0.25, 0.3) is 0 Å². The van der Waals surface area contributed by atoms with Gasteiger partial charge in [0.2, 0.25) is 0 Å². The van der Waals surface area contributed by atoms with E-state index < -0.39 is 0 Å². The molecule has 0 saturated carbocycles. The molecular weight excluding hydrogens is 279 g/mol. The minimum Gasteiger partial charge on any atom is -0.506 e. The van der Waals surface area contributed by atoms with Crippen LogP contribution in [0.4, 0.5) is 0 Å². The molecule has 0 aliphatic carbocycles. The fraction of sp³-hybridized carbons (Fsp3) is 0.400. The molecule has 1 aliphatic rings. The highest BCUT2D eigenvalue weighted by Gasteiger charge is 2.19. The average molecular weight is 292 g/mol. The third kappa shape index (κ3) is 2.28. The van der Waals surface area contributed by atoms with E-state index in [1.807, 2.05) is 6.07 Å². The summed E-state index contributed by atoms with van der Waals surface area (Å²) in [6, 6.07) is 3.79. The lowest BCUT2D eigenvalue weighted by atomic mass is 10.0. The van der Waals surface area contributed by atoms with Gasteiger partial charge in [0.25, 0.3) is 0 Å². The smallest absolute Gasteiger partial charge is 0.136 e. The Kier molecular flexibility index (Phi) is 3.51. The summed E-state index contributed by atoms with van der Waals surface area (Å²) >= 11 is 9.15. The molecule has 82 valence electrons. The third-order valence-electron chi connectivity index (χ3n) is 2.52. The normalized spacial score (nSPS) is 21.6. The summed E-state index contributed by atoms with van der Waals surface area (Å²) in [5.74, 6) is 0.226. The molecule has 0 unspecified atom stereocenters. The Labute approximate surface area is 102 Å². The maximum atomic E-state index is 9.93. The zero-order valence-corrected chi connectivity index (χ0v) is 10.4. The second-order valence-electron chi connectivity index (χ2n) is 3.51. The Balaban J connectivity index is 2.31. The van der Waals surface area contributed by atoms with E-state index in [9.17, 15) is 5.11 Å². The molecule has 1 saturated heterocycles. The van der Waals surface area contributed by atoms with Crippen molar-refractivity contribution >= 4 is 27.5 Å². The van der Waals surface area contributed by atoms with E-state index in [-0.39, 0.29) is 11.8 Å². The van der Waals surface area contributed by atoms with Gasteiger partial charge in [0.05, 0.1) is 9.50 Å². The van der Waals surface area contributed by atoms with Crippen LogP contribution in [0.15, 0.2) is 16.6 Å². The summed E-state index contributed by atoms with van der Waals surface area (Å²) < 4.78 is 0.564. The van der Waals surface area contributed by atoms with Crippen LogP contribution in [0.2, 0.25) is 5.02 Å². The molecule has 3 nitrogen and oxygen atoms in total. The second kappa shape index (κ2) is 4.70. The Hall–Kier alpha value is -0.290. The van der Waals surface area contributed by atoms with Crippen molar-refractivity contribution in [1.82, 2.24) is 10.6 Å². The Morgan fingerprint density at radius 1 is 1.40 bits per heavy atom. The molecule has 1 aliphatic heterocycles. The highest BCUT2D eigenvalue weighted by Crippen LogP contribution is 2.37. The van der Waals surface area contributed by atoms with Gasteiger partial charge in [-0.05, 0) is 22.0 Å². The standard InChI is InChI=1S/C10H12BrClN2O/c11-9-7(12)2-1-6(10(9)15)8-5-13-3-4-14-8/h1-2,8,13-15H,3-5H2/t8-/m0/s1. The van der Waals surface area contributed by atoms with Crippen LogP contribution in [0, 0.1) is 0 Å². The van der Waals surface area contributed by atoms with Crippen molar-refractivity contribution in [2.45, 2.75) is 6.04 Å². The first-order valence-corrected chi connectivity index (χ1v) is 5.98. The zero-order chi connectivity index (χ0) is 10.8. The number of rotatable bonds is 1. The van der Waals surface area contributed by atoms with Crippen LogP contribution in [0.3, 0.4) is 0 Å². The van der Waals surface area contributed by atoms with E-state index >= 15 is 0 Å². The molecule has 2 rings (SSSR count). The predicted molar refractivity (Wildman–Crippen MR) is 64.4 cm³/mol. The largest absolute Gasteiger partial charge is 0.506 e. The predicted octanol–water partition coefficient (Wildman–Crippen LogP) is 2.04. The number of hydrogen-bond donors (Lipinski definition) is 3. The maximum Gasteiger partial charge on any atom is 0.136 e. The topological polar surface area (TPSA) is 44.3 Å². The van der Waals surface area contributed by atoms with Crippen molar-refractivity contribution in [1.29, 1.82) is 0 Å². The Bertz CT molecular complexity index is 367. The molecule has 0 spiro atoms. The maximum absolute atomic E-state index is 9.93. The number of aromatic hydroxyl groups is 1. The molecule has 1 aromatic rings. The highest BCUT2D eigenvalue weighted by atomic mass is 79.9. The van der Waals surface area contributed by atoms with Crippen LogP contribution < -0.4 is 10.6 Å². The number of piperazine rings is 1. The van der Waals surface area contributed by atoms with Gasteiger partial charge in [0, 0.05) is 31.2 Å². The molecule has 15 heavy (non-hydrogen) atoms. The summed E-state index contributed by atoms with van der Waals surface area (Å²) in [7, 11) is 0. The van der Waals surface area contributed by atoms with Gasteiger partial charge < -0.3 is 15.7 Å². The number of phenolic OH excluding ortho intramolecular Hbond substituents is 1. The minimum atomic E-state index is 0.146. The van der Waals surface area contributed by atoms with E-state index in [0.717, 1.165) is 25.2 Å². The van der Waals surface area contributed by atoms with E-state index in [1.165, 1.54) is 0 Å². The van der Waals surface area contributed by atoms with Gasteiger partial charge in [0.1, 0.15) is 5.75 Å². The lowest BCUT2D eigenvalue weighted by molar-refractivity contribution is 0.403. The first kappa shape index (κ1) is 11.2. The third-order valence-corrected chi connectivity index (χ3v) is 3.86. The van der Waals surface area contributed by atoms with Gasteiger partial charge in [0.15, 0.2) is 0 Å². The van der Waals surface area contributed by atoms with Crippen molar-refractivity contribution < 1.29 is 5.11 Å². The first-order valence-electron chi connectivity index (χ1n) is 4.81. The van der Waals surface area contributed by atoms with Gasteiger partial charge in [-0.15, -0.1) is 0 Å². The molecule has 1 fully saturated rings. The van der Waals surface area contributed by atoms with Crippen LogP contribution in [-0.2, 0) is 0 Å². The molecule has 0 bridgehead atoms. The summed E-state index contributed by atoms with van der Waals surface area (Å²) in [6.07, 6.45) is 0. The van der Waals surface area contributed by atoms with Gasteiger partial charge in [-0.2, -0.15) is 0 Å². The zero-order valence-electron chi connectivity index (χ0n) is 8.06. The van der Waals surface area contributed by atoms with E-state index in [4.69, 9.17) is 11.6 Å². The summed E-state index contributed by atoms with van der Waals surface area (Å²) in [5.41, 5.74) is 0.874. The summed E-state index contributed by atoms with van der Waals surface area (Å²) in [5, 5.41) is 17.1. The molecule has 1 atom stereocenters. The van der Waals surface area contributed by atoms with Crippen molar-refractivity contribution in [2.24, 2.45) is 0 Å². The van der Waals surface area contributed by atoms with Gasteiger partial charge in [-0.1, -0.05) is 17.7 Å². The molecule has 0 aromatic heterocycles. The number of halogens is 2. The Morgan fingerprint density at radius 3 is 2.87 bits per heavy atom. The fourth-order valence-electron chi connectivity index (χ4n) is 1.71. The van der Waals surface area contributed by atoms with E-state index in [1.54, 1.807) is 6.07 Å². The second-order valence-corrected chi connectivity index (χ2v) is 4.71. The molecule has 1 aromatic carbocycles. The quantitative estimate of drug-likeness (QED) is 0.742. The molecule has 3 N–H and O–H groups in total. The molecule has 0 amide bonds. The minimum absolute atomic E-state index is 0.146. The highest BCUT2D eigenvalue weighted by molar-refractivity contribution is 9.10. The number of hydrogen-bond acceptors (Lipinski definition) is 3. The van der Waals surface area contributed by atoms with Gasteiger partial charge in [-0.25, -0.2) is 0 Å². The van der Waals surface area contributed by atoms with Crippen LogP contribution >= 0.6 is 27.5 Å². The summed E-state index contributed by atoms with van der Waals surface area (Å²) in [4.78, 5) is 0. The van der Waals surface area contributed by atoms with Crippen molar-refractivity contribution in [3.63, 3.8) is 0 Å². The Morgan fingerprint density at radius 2 is 2.20 bits per heavy atom. The molecule has 1 heterocycles. The number of phenols is 1. The summed E-state index contributed by atoms with van der Waals surface area (Å²) in [6.45, 7) is 2.69. The molecule has 0 radical (unpaired) electrons. The number of benzene rings is 1. The van der Waals surface area contributed by atoms with Crippen LogP contribution in [-0.4, -0.2) is 24.7 Å². The molecular formula is C10H12BrClN2O. The van der Waals surface area contributed by atoms with Crippen molar-refractivity contribution in [2.75, 3.05) is 19.6 Å². The SMILES string of the molecule is Oc1c([C@@H]2CNCCN2)ccc(Cl)c1Br. The van der Waals surface area contributed by atoms with E-state index in [0.29, 0.717) is 9.50 Å². The fourth-order valence-corrected chi connectivity index (χ4v) is 2.22. The monoisotopic (exact) mass is 290 g/mol. The first-order chi connectivity index (χ1) is 7.20. The lowest BCUT2D eigenvalue weighted by Gasteiger charge is -2.25. The van der Waals surface area contributed by atoms with E-state index in [2.05, 4.69) is 26.6 Å². The van der Waals surface area contributed by atoms with Crippen LogP contribution in [0.1, 0.15) is 11.6 Å². The van der Waals surface area contributed by atoms with Crippen molar-refractivity contribution in [3.05, 3.63) is 27.2 Å². The van der Waals surface area contributed by atoms with Crippen LogP contribution in [0.5, 0.6) is 5.75 Å². The lowest BCUT2D eigenvalue weighted by Crippen LogP contribution is -2.42. The van der Waals surface area contributed by atoms with Crippen molar-refractivity contribution in [3.8, 4) is 5.75 Å². The number of nitrogens with one attached hydrogen (secondary N) is 2. The van der Waals surface area contributed by atoms with Gasteiger partial charge in [-0.3, -0.25) is 0 Å². The molecule has 5 heteroatoms. The van der Waals surface area contributed by atoms with Gasteiger partial charge >= 0.3 is 0 Å².